The molecule has 66 heavy (non-hydrogen) atoms. The van der Waals surface area contributed by atoms with E-state index < -0.39 is 28.3 Å². The molecule has 1 heterocycles. The zero-order valence-corrected chi connectivity index (χ0v) is 38.2. The maximum atomic E-state index is 13.8. The lowest BCUT2D eigenvalue weighted by atomic mass is 9.89. The number of aliphatic hydroxyl groups is 1. The van der Waals surface area contributed by atoms with Gasteiger partial charge in [0.15, 0.2) is 6.29 Å². The Kier molecular flexibility index (Phi) is 15.3. The van der Waals surface area contributed by atoms with E-state index in [-0.39, 0.29) is 42.6 Å². The number of carbonyl (C=O) groups excluding carboxylic acids is 1. The molecule has 1 amide bonds. The highest BCUT2D eigenvalue weighted by Gasteiger charge is 2.39. The highest BCUT2D eigenvalue weighted by atomic mass is 32.2. The first-order valence-electron chi connectivity index (χ1n) is 22.5. The first kappa shape index (κ1) is 46.3. The van der Waals surface area contributed by atoms with E-state index in [0.717, 1.165) is 57.6 Å². The van der Waals surface area contributed by atoms with Crippen LogP contribution in [0.4, 0.5) is 0 Å². The Balaban J connectivity index is 1.02. The number of hydrogen-bond acceptors (Lipinski definition) is 7. The number of aryl methyl sites for hydroxylation is 1. The van der Waals surface area contributed by atoms with Gasteiger partial charge in [-0.15, -0.1) is 0 Å². The summed E-state index contributed by atoms with van der Waals surface area (Å²) in [6.07, 6.45) is -0.958. The van der Waals surface area contributed by atoms with Crippen LogP contribution in [0.1, 0.15) is 63.8 Å². The number of amides is 1. The molecule has 1 aliphatic rings. The van der Waals surface area contributed by atoms with E-state index in [1.165, 1.54) is 11.1 Å². The van der Waals surface area contributed by atoms with Crippen LogP contribution in [-0.2, 0) is 57.0 Å². The molecule has 0 aliphatic carbocycles. The molecule has 0 unspecified atom stereocenters. The minimum absolute atomic E-state index is 0.00412. The van der Waals surface area contributed by atoms with Gasteiger partial charge < -0.3 is 19.9 Å². The van der Waals surface area contributed by atoms with Crippen molar-refractivity contribution in [3.8, 4) is 11.1 Å². The van der Waals surface area contributed by atoms with E-state index in [9.17, 15) is 18.3 Å². The molecule has 0 bridgehead atoms. The van der Waals surface area contributed by atoms with Gasteiger partial charge in [0.2, 0.25) is 15.9 Å². The molecule has 1 aliphatic heterocycles. The lowest BCUT2D eigenvalue weighted by Gasteiger charge is -2.43. The van der Waals surface area contributed by atoms with Crippen molar-refractivity contribution in [2.24, 2.45) is 5.92 Å². The molecule has 0 radical (unpaired) electrons. The second-order valence-corrected chi connectivity index (χ2v) is 18.9. The Morgan fingerprint density at radius 1 is 0.636 bits per heavy atom. The van der Waals surface area contributed by atoms with Gasteiger partial charge in [0.05, 0.1) is 23.7 Å². The fourth-order valence-electron chi connectivity index (χ4n) is 8.50. The van der Waals surface area contributed by atoms with Gasteiger partial charge in [0, 0.05) is 37.7 Å². The first-order chi connectivity index (χ1) is 32.1. The number of sulfonamides is 1. The van der Waals surface area contributed by atoms with Gasteiger partial charge in [-0.2, -0.15) is 4.72 Å². The lowest BCUT2D eigenvalue weighted by Crippen LogP contribution is -2.47. The quantitative estimate of drug-likeness (QED) is 0.0786. The zero-order valence-electron chi connectivity index (χ0n) is 37.4. The zero-order chi connectivity index (χ0) is 45.9. The smallest absolute Gasteiger partial charge is 0.241 e. The second kappa shape index (κ2) is 21.8. The number of rotatable bonds is 18. The summed E-state index contributed by atoms with van der Waals surface area (Å²) in [4.78, 5) is 16.4. The van der Waals surface area contributed by atoms with Crippen molar-refractivity contribution in [1.29, 1.82) is 0 Å². The molecule has 1 fully saturated rings. The van der Waals surface area contributed by atoms with Crippen molar-refractivity contribution in [2.75, 3.05) is 6.54 Å². The van der Waals surface area contributed by atoms with Crippen molar-refractivity contribution in [1.82, 2.24) is 14.9 Å². The molecule has 7 aromatic rings. The Labute approximate surface area is 389 Å². The average Bonchev–Trinajstić information content (AvgIpc) is 3.35. The summed E-state index contributed by atoms with van der Waals surface area (Å²) in [5, 5.41) is 12.8. The number of aliphatic hydroxyl groups excluding tert-OH is 1. The number of benzene rings is 7. The molecule has 10 heteroatoms. The van der Waals surface area contributed by atoms with E-state index in [2.05, 4.69) is 76.5 Å². The predicted molar refractivity (Wildman–Crippen MR) is 259 cm³/mol. The minimum atomic E-state index is -3.98. The summed E-state index contributed by atoms with van der Waals surface area (Å²) in [7, 11) is -3.98. The van der Waals surface area contributed by atoms with Crippen molar-refractivity contribution in [2.45, 2.75) is 75.9 Å². The van der Waals surface area contributed by atoms with Crippen LogP contribution in [0.2, 0.25) is 0 Å². The Bertz CT molecular complexity index is 2710. The molecule has 0 saturated carbocycles. The molecule has 1 saturated heterocycles. The van der Waals surface area contributed by atoms with Crippen LogP contribution in [-0.4, -0.2) is 43.0 Å². The van der Waals surface area contributed by atoms with Crippen molar-refractivity contribution in [3.63, 3.8) is 0 Å². The predicted octanol–water partition coefficient (Wildman–Crippen LogP) is 9.85. The van der Waals surface area contributed by atoms with Crippen molar-refractivity contribution < 1.29 is 27.8 Å². The summed E-state index contributed by atoms with van der Waals surface area (Å²) in [6, 6.07) is 60.1. The Morgan fingerprint density at radius 3 is 1.83 bits per heavy atom. The van der Waals surface area contributed by atoms with E-state index in [1.807, 2.05) is 116 Å². The number of hydrogen-bond donors (Lipinski definition) is 3. The van der Waals surface area contributed by atoms with Gasteiger partial charge in [-0.25, -0.2) is 8.42 Å². The average molecular weight is 900 g/mol. The molecule has 0 aromatic heterocycles. The minimum Gasteiger partial charge on any atom is -0.392 e. The van der Waals surface area contributed by atoms with Gasteiger partial charge in [0.25, 0.3) is 0 Å². The number of nitrogens with one attached hydrogen (secondary N) is 2. The van der Waals surface area contributed by atoms with Gasteiger partial charge in [0.1, 0.15) is 6.04 Å². The van der Waals surface area contributed by atoms with Gasteiger partial charge >= 0.3 is 0 Å². The van der Waals surface area contributed by atoms with E-state index in [1.54, 1.807) is 24.3 Å². The van der Waals surface area contributed by atoms with Crippen LogP contribution in [0.15, 0.2) is 193 Å². The van der Waals surface area contributed by atoms with Gasteiger partial charge in [-0.3, -0.25) is 9.69 Å². The summed E-state index contributed by atoms with van der Waals surface area (Å²) >= 11 is 0. The van der Waals surface area contributed by atoms with E-state index >= 15 is 0 Å². The van der Waals surface area contributed by atoms with Crippen LogP contribution in [0, 0.1) is 12.8 Å². The summed E-state index contributed by atoms with van der Waals surface area (Å²) < 4.78 is 43.5. The monoisotopic (exact) mass is 899 g/mol. The highest BCUT2D eigenvalue weighted by Crippen LogP contribution is 2.42. The molecule has 0 spiro atoms. The fourth-order valence-corrected chi connectivity index (χ4v) is 9.69. The number of carbonyl (C=O) groups is 1. The fraction of sp³-hybridized carbons (Fsp3) is 0.232. The maximum Gasteiger partial charge on any atom is 0.241 e. The van der Waals surface area contributed by atoms with Crippen molar-refractivity contribution in [3.05, 3.63) is 233 Å². The number of ether oxygens (including phenoxy) is 2. The topological polar surface area (TPSA) is 117 Å². The Hall–Kier alpha value is -6.24. The molecule has 7 aromatic carbocycles. The SMILES string of the molecule is Cc1ccc(S(=O)(=O)N[C@H](Cc2ccccc2)C(=O)NCc2cccc(-c3cccc([C@H]4O[C@@H](CN(Cc5ccccc5)Cc5ccccc5)[C@@H](C)[C@@H](c5ccc(CO)cc5)O4)c3)c2)cc1. The van der Waals surface area contributed by atoms with Crippen LogP contribution in [0.3, 0.4) is 0 Å². The molecule has 338 valence electrons. The first-order valence-corrected chi connectivity index (χ1v) is 24.0. The third-order valence-corrected chi connectivity index (χ3v) is 13.7. The second-order valence-electron chi connectivity index (χ2n) is 17.2. The van der Waals surface area contributed by atoms with Gasteiger partial charge in [-0.1, -0.05) is 176 Å². The molecular weight excluding hydrogens is 843 g/mol. The largest absolute Gasteiger partial charge is 0.392 e. The third kappa shape index (κ3) is 12.1. The maximum absolute atomic E-state index is 13.8. The molecule has 8 rings (SSSR count). The lowest BCUT2D eigenvalue weighted by molar-refractivity contribution is -0.276. The molecule has 3 N–H and O–H groups in total. The van der Waals surface area contributed by atoms with Gasteiger partial charge in [-0.05, 0) is 82.1 Å². The standard InChI is InChI=1S/C56H57N3O6S/c1-40-24-30-51(31-25-40)66(62,63)58-52(33-42-14-6-3-7-15-42)55(61)57-35-46-20-12-21-48(32-46)49-22-13-23-50(34-49)56-64-53(41(2)54(65-56)47-28-26-45(39-60)27-29-47)38-59(36-43-16-8-4-9-17-43)37-44-18-10-5-11-19-44/h3-32,34,41,52-54,56,58,60H,33,35-39H2,1-2H3,(H,57,61)/t41-,52-,53+,54+,56+/m1/s1. The van der Waals surface area contributed by atoms with Crippen LogP contribution in [0.5, 0.6) is 0 Å². The van der Waals surface area contributed by atoms with Crippen LogP contribution >= 0.6 is 0 Å². The molecule has 9 nitrogen and oxygen atoms in total. The normalized spacial score (nSPS) is 17.9. The van der Waals surface area contributed by atoms with E-state index in [0.29, 0.717) is 6.54 Å². The Morgan fingerprint density at radius 2 is 1.21 bits per heavy atom. The molecule has 5 atom stereocenters. The highest BCUT2D eigenvalue weighted by molar-refractivity contribution is 7.89. The summed E-state index contributed by atoms with van der Waals surface area (Å²) in [5.41, 5.74) is 9.72. The third-order valence-electron chi connectivity index (χ3n) is 12.2. The molecular formula is C56H57N3O6S. The van der Waals surface area contributed by atoms with E-state index in [4.69, 9.17) is 9.47 Å². The van der Waals surface area contributed by atoms with Crippen LogP contribution in [0.25, 0.3) is 11.1 Å². The summed E-state index contributed by atoms with van der Waals surface area (Å²) in [6.45, 7) is 6.43. The van der Waals surface area contributed by atoms with Crippen molar-refractivity contribution >= 4 is 15.9 Å². The summed E-state index contributed by atoms with van der Waals surface area (Å²) in [5.74, 6) is -0.431. The van der Waals surface area contributed by atoms with Crippen LogP contribution < -0.4 is 10.0 Å². The number of nitrogens with zero attached hydrogens (tertiary/aromatic N) is 1.